The van der Waals surface area contributed by atoms with Crippen molar-refractivity contribution < 1.29 is 14.7 Å². The summed E-state index contributed by atoms with van der Waals surface area (Å²) in [5.74, 6) is -1.22. The summed E-state index contributed by atoms with van der Waals surface area (Å²) < 4.78 is 0. The van der Waals surface area contributed by atoms with E-state index in [4.69, 9.17) is 28.3 Å². The predicted molar refractivity (Wildman–Crippen MR) is 70.5 cm³/mol. The standard InChI is InChI=1S/C12H12Cl2N2O3/c1-12(11(18)19)2-3-16(6-12)10(17)7-4-9(14)15-5-8(7)13/h4-5H,2-3,6H2,1H3,(H,18,19). The molecule has 0 bridgehead atoms. The van der Waals surface area contributed by atoms with Crippen LogP contribution in [0.4, 0.5) is 0 Å². The molecular weight excluding hydrogens is 291 g/mol. The molecule has 1 aliphatic rings. The molecule has 7 heteroatoms. The van der Waals surface area contributed by atoms with Crippen molar-refractivity contribution in [1.82, 2.24) is 9.88 Å². The van der Waals surface area contributed by atoms with Gasteiger partial charge in [0.1, 0.15) is 5.15 Å². The lowest BCUT2D eigenvalue weighted by atomic mass is 9.90. The zero-order chi connectivity index (χ0) is 14.2. The lowest BCUT2D eigenvalue weighted by Crippen LogP contribution is -2.35. The highest BCUT2D eigenvalue weighted by Crippen LogP contribution is 2.32. The second-order valence-corrected chi connectivity index (χ2v) is 5.62. The van der Waals surface area contributed by atoms with Crippen LogP contribution in [0.3, 0.4) is 0 Å². The number of carbonyl (C=O) groups excluding carboxylic acids is 1. The number of rotatable bonds is 2. The highest BCUT2D eigenvalue weighted by molar-refractivity contribution is 6.35. The van der Waals surface area contributed by atoms with E-state index < -0.39 is 11.4 Å². The number of likely N-dealkylation sites (tertiary alicyclic amines) is 1. The molecule has 0 aliphatic carbocycles. The fourth-order valence-electron chi connectivity index (χ4n) is 2.06. The van der Waals surface area contributed by atoms with E-state index in [-0.39, 0.29) is 28.2 Å². The van der Waals surface area contributed by atoms with Crippen LogP contribution in [-0.4, -0.2) is 40.0 Å². The Morgan fingerprint density at radius 3 is 2.74 bits per heavy atom. The molecule has 1 aromatic rings. The number of nitrogens with zero attached hydrogens (tertiary/aromatic N) is 2. The van der Waals surface area contributed by atoms with Crippen molar-refractivity contribution in [3.05, 3.63) is 28.0 Å². The first-order valence-electron chi connectivity index (χ1n) is 5.67. The molecule has 1 fully saturated rings. The smallest absolute Gasteiger partial charge is 0.311 e. The van der Waals surface area contributed by atoms with Gasteiger partial charge in [-0.15, -0.1) is 0 Å². The van der Waals surface area contributed by atoms with E-state index in [0.717, 1.165) is 0 Å². The maximum absolute atomic E-state index is 12.3. The summed E-state index contributed by atoms with van der Waals surface area (Å²) in [4.78, 5) is 28.7. The molecule has 2 heterocycles. The summed E-state index contributed by atoms with van der Waals surface area (Å²) in [6, 6.07) is 1.39. The molecule has 1 N–H and O–H groups in total. The van der Waals surface area contributed by atoms with Crippen molar-refractivity contribution in [3.63, 3.8) is 0 Å². The van der Waals surface area contributed by atoms with Gasteiger partial charge in [0.05, 0.1) is 16.0 Å². The van der Waals surface area contributed by atoms with Crippen molar-refractivity contribution in [1.29, 1.82) is 0 Å². The zero-order valence-corrected chi connectivity index (χ0v) is 11.7. The fourth-order valence-corrected chi connectivity index (χ4v) is 2.40. The van der Waals surface area contributed by atoms with E-state index in [1.54, 1.807) is 6.92 Å². The van der Waals surface area contributed by atoms with Gasteiger partial charge in [0.15, 0.2) is 0 Å². The minimum Gasteiger partial charge on any atom is -0.481 e. The summed E-state index contributed by atoms with van der Waals surface area (Å²) in [5, 5.41) is 9.53. The summed E-state index contributed by atoms with van der Waals surface area (Å²) in [5.41, 5.74) is -0.657. The molecule has 0 spiro atoms. The van der Waals surface area contributed by atoms with E-state index in [1.165, 1.54) is 17.2 Å². The first kappa shape index (κ1) is 14.1. The van der Waals surface area contributed by atoms with Crippen LogP contribution < -0.4 is 0 Å². The van der Waals surface area contributed by atoms with Gasteiger partial charge in [0, 0.05) is 19.3 Å². The van der Waals surface area contributed by atoms with Crippen LogP contribution in [0.5, 0.6) is 0 Å². The van der Waals surface area contributed by atoms with Crippen LogP contribution in [0, 0.1) is 5.41 Å². The van der Waals surface area contributed by atoms with Crippen LogP contribution in [0.2, 0.25) is 10.2 Å². The summed E-state index contributed by atoms with van der Waals surface area (Å²) in [6.45, 7) is 2.18. The maximum Gasteiger partial charge on any atom is 0.311 e. The number of carboxylic acids is 1. The molecule has 19 heavy (non-hydrogen) atoms. The van der Waals surface area contributed by atoms with Gasteiger partial charge in [-0.05, 0) is 19.4 Å². The lowest BCUT2D eigenvalue weighted by molar-refractivity contribution is -0.147. The lowest BCUT2D eigenvalue weighted by Gasteiger charge is -2.20. The van der Waals surface area contributed by atoms with Crippen LogP contribution in [-0.2, 0) is 4.79 Å². The highest BCUT2D eigenvalue weighted by atomic mass is 35.5. The van der Waals surface area contributed by atoms with Crippen molar-refractivity contribution in [3.8, 4) is 0 Å². The van der Waals surface area contributed by atoms with E-state index in [9.17, 15) is 9.59 Å². The first-order chi connectivity index (χ1) is 8.83. The maximum atomic E-state index is 12.3. The molecule has 1 unspecified atom stereocenters. The van der Waals surface area contributed by atoms with Gasteiger partial charge >= 0.3 is 5.97 Å². The van der Waals surface area contributed by atoms with Gasteiger partial charge in [-0.2, -0.15) is 0 Å². The van der Waals surface area contributed by atoms with Gasteiger partial charge in [-0.25, -0.2) is 4.98 Å². The molecule has 102 valence electrons. The fraction of sp³-hybridized carbons (Fsp3) is 0.417. The van der Waals surface area contributed by atoms with E-state index in [1.807, 2.05) is 0 Å². The molecule has 1 aliphatic heterocycles. The van der Waals surface area contributed by atoms with Crippen molar-refractivity contribution >= 4 is 35.1 Å². The number of hydrogen-bond donors (Lipinski definition) is 1. The molecule has 0 radical (unpaired) electrons. The van der Waals surface area contributed by atoms with Gasteiger partial charge < -0.3 is 10.0 Å². The number of aliphatic carboxylic acids is 1. The Hall–Kier alpha value is -1.33. The van der Waals surface area contributed by atoms with E-state index >= 15 is 0 Å². The summed E-state index contributed by atoms with van der Waals surface area (Å²) >= 11 is 11.7. The first-order valence-corrected chi connectivity index (χ1v) is 6.43. The second-order valence-electron chi connectivity index (χ2n) is 4.83. The van der Waals surface area contributed by atoms with Crippen molar-refractivity contribution in [2.45, 2.75) is 13.3 Å². The molecule has 1 saturated heterocycles. The van der Waals surface area contributed by atoms with Gasteiger partial charge in [-0.3, -0.25) is 9.59 Å². The number of amides is 1. The Kier molecular flexibility index (Phi) is 3.69. The van der Waals surface area contributed by atoms with E-state index in [0.29, 0.717) is 13.0 Å². The molecular formula is C12H12Cl2N2O3. The largest absolute Gasteiger partial charge is 0.481 e. The van der Waals surface area contributed by atoms with Crippen molar-refractivity contribution in [2.75, 3.05) is 13.1 Å². The Morgan fingerprint density at radius 1 is 1.47 bits per heavy atom. The number of halogens is 2. The van der Waals surface area contributed by atoms with Crippen LogP contribution in [0.1, 0.15) is 23.7 Å². The topological polar surface area (TPSA) is 70.5 Å². The Labute approximate surface area is 120 Å². The molecule has 2 rings (SSSR count). The second kappa shape index (κ2) is 4.98. The van der Waals surface area contributed by atoms with Crippen molar-refractivity contribution in [2.24, 2.45) is 5.41 Å². The number of aromatic nitrogens is 1. The third-order valence-electron chi connectivity index (χ3n) is 3.33. The van der Waals surface area contributed by atoms with Crippen LogP contribution >= 0.6 is 23.2 Å². The highest BCUT2D eigenvalue weighted by Gasteiger charge is 2.42. The monoisotopic (exact) mass is 302 g/mol. The minimum atomic E-state index is -0.904. The van der Waals surface area contributed by atoms with Crippen LogP contribution in [0.15, 0.2) is 12.3 Å². The Bertz CT molecular complexity index is 550. The minimum absolute atomic E-state index is 0.164. The van der Waals surface area contributed by atoms with E-state index in [2.05, 4.69) is 4.98 Å². The molecule has 1 aromatic heterocycles. The zero-order valence-electron chi connectivity index (χ0n) is 10.2. The van der Waals surface area contributed by atoms with Crippen LogP contribution in [0.25, 0.3) is 0 Å². The Morgan fingerprint density at radius 2 is 2.16 bits per heavy atom. The molecule has 1 atom stereocenters. The van der Waals surface area contributed by atoms with Gasteiger partial charge in [0.25, 0.3) is 5.91 Å². The quantitative estimate of drug-likeness (QED) is 0.851. The SMILES string of the molecule is CC1(C(=O)O)CCN(C(=O)c2cc(Cl)ncc2Cl)C1. The van der Waals surface area contributed by atoms with Gasteiger partial charge in [-0.1, -0.05) is 23.2 Å². The number of carboxylic acid groups (broad SMARTS) is 1. The number of hydrogen-bond acceptors (Lipinski definition) is 3. The molecule has 0 saturated carbocycles. The molecule has 0 aromatic carbocycles. The average molecular weight is 303 g/mol. The molecule has 1 amide bonds. The number of pyridine rings is 1. The normalized spacial score (nSPS) is 22.6. The third-order valence-corrected chi connectivity index (χ3v) is 3.84. The third kappa shape index (κ3) is 2.67. The van der Waals surface area contributed by atoms with Gasteiger partial charge in [0.2, 0.25) is 0 Å². The average Bonchev–Trinajstić information content (AvgIpc) is 2.76. The predicted octanol–water partition coefficient (Wildman–Crippen LogP) is 2.33. The Balaban J connectivity index is 2.22. The summed E-state index contributed by atoms with van der Waals surface area (Å²) in [7, 11) is 0. The molecule has 5 nitrogen and oxygen atoms in total. The summed E-state index contributed by atoms with van der Waals surface area (Å²) in [6.07, 6.45) is 1.73. The number of carbonyl (C=O) groups is 2.